The monoisotopic (exact) mass is 302 g/mol. The maximum absolute atomic E-state index is 12.4. The molecular formula is C17H19ClN2O. The molecule has 1 saturated carbocycles. The summed E-state index contributed by atoms with van der Waals surface area (Å²) >= 11 is 6.25. The highest BCUT2D eigenvalue weighted by Crippen LogP contribution is 2.25. The number of nitrogens with one attached hydrogen (secondary N) is 1. The molecule has 1 aromatic heterocycles. The molecule has 1 aliphatic rings. The number of hydrogen-bond donors (Lipinski definition) is 1. The van der Waals surface area contributed by atoms with Crippen LogP contribution in [0.5, 0.6) is 0 Å². The zero-order valence-corrected chi connectivity index (χ0v) is 12.9. The van der Waals surface area contributed by atoms with Crippen molar-refractivity contribution in [3.05, 3.63) is 41.0 Å². The zero-order chi connectivity index (χ0) is 14.8. The quantitative estimate of drug-likeness (QED) is 0.903. The molecule has 0 radical (unpaired) electrons. The first kappa shape index (κ1) is 14.3. The van der Waals surface area contributed by atoms with Gasteiger partial charge >= 0.3 is 0 Å². The number of nitrogens with zero attached hydrogens (tertiary/aromatic N) is 1. The molecule has 0 aliphatic heterocycles. The summed E-state index contributed by atoms with van der Waals surface area (Å²) < 4.78 is 0. The largest absolute Gasteiger partial charge is 0.348 e. The van der Waals surface area contributed by atoms with E-state index in [1.807, 2.05) is 24.3 Å². The van der Waals surface area contributed by atoms with Crippen LogP contribution in [0.4, 0.5) is 0 Å². The first-order valence-corrected chi connectivity index (χ1v) is 7.87. The Balaban J connectivity index is 1.78. The van der Waals surface area contributed by atoms with Crippen LogP contribution in [0.25, 0.3) is 10.9 Å². The van der Waals surface area contributed by atoms with Gasteiger partial charge in [-0.25, -0.2) is 4.98 Å². The van der Waals surface area contributed by atoms with Crippen LogP contribution in [0.1, 0.15) is 43.1 Å². The molecule has 0 spiro atoms. The average molecular weight is 303 g/mol. The minimum absolute atomic E-state index is 0.123. The van der Waals surface area contributed by atoms with Gasteiger partial charge in [-0.05, 0) is 43.7 Å². The topological polar surface area (TPSA) is 42.0 Å². The summed E-state index contributed by atoms with van der Waals surface area (Å²) in [4.78, 5) is 16.8. The van der Waals surface area contributed by atoms with Crippen molar-refractivity contribution in [3.8, 4) is 0 Å². The maximum Gasteiger partial charge on any atom is 0.270 e. The van der Waals surface area contributed by atoms with E-state index >= 15 is 0 Å². The number of carbonyl (C=O) groups excluding carboxylic acids is 1. The van der Waals surface area contributed by atoms with E-state index in [4.69, 9.17) is 11.6 Å². The lowest BCUT2D eigenvalue weighted by molar-refractivity contribution is 0.0918. The van der Waals surface area contributed by atoms with Gasteiger partial charge in [0, 0.05) is 11.4 Å². The second-order valence-corrected chi connectivity index (χ2v) is 6.34. The number of carbonyl (C=O) groups is 1. The molecule has 21 heavy (non-hydrogen) atoms. The number of hydrogen-bond acceptors (Lipinski definition) is 2. The van der Waals surface area contributed by atoms with E-state index in [1.54, 1.807) is 6.07 Å². The summed E-state index contributed by atoms with van der Waals surface area (Å²) in [5, 5.41) is 4.54. The average Bonchev–Trinajstić information content (AvgIpc) is 2.49. The number of amides is 1. The smallest absolute Gasteiger partial charge is 0.270 e. The lowest BCUT2D eigenvalue weighted by Gasteiger charge is -2.26. The van der Waals surface area contributed by atoms with Gasteiger partial charge in [-0.15, -0.1) is 0 Å². The molecule has 0 atom stereocenters. The molecule has 1 heterocycles. The summed E-state index contributed by atoms with van der Waals surface area (Å²) in [6.07, 6.45) is 4.45. The van der Waals surface area contributed by atoms with Gasteiger partial charge in [-0.2, -0.15) is 0 Å². The highest BCUT2D eigenvalue weighted by atomic mass is 35.5. The molecule has 1 N–H and O–H groups in total. The summed E-state index contributed by atoms with van der Waals surface area (Å²) in [7, 11) is 0. The number of pyridine rings is 1. The van der Waals surface area contributed by atoms with Crippen LogP contribution in [0.3, 0.4) is 0 Å². The number of fused-ring (bicyclic) bond motifs is 1. The van der Waals surface area contributed by atoms with Gasteiger partial charge in [0.1, 0.15) is 5.69 Å². The Morgan fingerprint density at radius 2 is 1.95 bits per heavy atom. The van der Waals surface area contributed by atoms with Gasteiger partial charge in [0.15, 0.2) is 0 Å². The molecule has 1 fully saturated rings. The highest BCUT2D eigenvalue weighted by molar-refractivity contribution is 6.35. The molecule has 1 aromatic carbocycles. The van der Waals surface area contributed by atoms with Gasteiger partial charge in [-0.1, -0.05) is 36.7 Å². The van der Waals surface area contributed by atoms with Crippen LogP contribution < -0.4 is 5.32 Å². The van der Waals surface area contributed by atoms with Crippen molar-refractivity contribution in [2.75, 3.05) is 0 Å². The van der Waals surface area contributed by atoms with Crippen LogP contribution in [0.2, 0.25) is 5.02 Å². The fraction of sp³-hybridized carbons (Fsp3) is 0.412. The maximum atomic E-state index is 12.4. The van der Waals surface area contributed by atoms with E-state index in [1.165, 1.54) is 12.8 Å². The Kier molecular flexibility index (Phi) is 4.11. The number of halogens is 1. The summed E-state index contributed by atoms with van der Waals surface area (Å²) in [6.45, 7) is 2.27. The van der Waals surface area contributed by atoms with Crippen molar-refractivity contribution < 1.29 is 4.79 Å². The first-order chi connectivity index (χ1) is 10.1. The molecule has 2 aromatic rings. The van der Waals surface area contributed by atoms with Crippen molar-refractivity contribution in [3.63, 3.8) is 0 Å². The first-order valence-electron chi connectivity index (χ1n) is 7.49. The number of benzene rings is 1. The minimum Gasteiger partial charge on any atom is -0.348 e. The van der Waals surface area contributed by atoms with Crippen LogP contribution in [0, 0.1) is 5.92 Å². The third-order valence-electron chi connectivity index (χ3n) is 4.25. The molecule has 110 valence electrons. The predicted molar refractivity (Wildman–Crippen MR) is 85.6 cm³/mol. The van der Waals surface area contributed by atoms with Crippen LogP contribution in [0.15, 0.2) is 30.3 Å². The minimum atomic E-state index is -0.123. The third kappa shape index (κ3) is 3.18. The van der Waals surface area contributed by atoms with Gasteiger partial charge in [0.25, 0.3) is 5.91 Å². The standard InChI is InChI=1S/C17H19ClN2O/c1-11-6-8-12(9-7-11)19-17(21)16-10-14(18)13-4-2-3-5-15(13)20-16/h2-5,10-12H,6-9H2,1H3,(H,19,21). The number of para-hydroxylation sites is 1. The van der Waals surface area contributed by atoms with E-state index in [0.29, 0.717) is 10.7 Å². The molecular weight excluding hydrogens is 284 g/mol. The fourth-order valence-electron chi connectivity index (χ4n) is 2.91. The van der Waals surface area contributed by atoms with Crippen LogP contribution >= 0.6 is 11.6 Å². The summed E-state index contributed by atoms with van der Waals surface area (Å²) in [5.41, 5.74) is 1.16. The second kappa shape index (κ2) is 6.02. The van der Waals surface area contributed by atoms with E-state index in [0.717, 1.165) is 29.7 Å². The van der Waals surface area contributed by atoms with Crippen molar-refractivity contribution in [1.82, 2.24) is 10.3 Å². The van der Waals surface area contributed by atoms with Gasteiger partial charge < -0.3 is 5.32 Å². The molecule has 1 aliphatic carbocycles. The SMILES string of the molecule is CC1CCC(NC(=O)c2cc(Cl)c3ccccc3n2)CC1. The fourth-order valence-corrected chi connectivity index (χ4v) is 3.18. The van der Waals surface area contributed by atoms with Crippen molar-refractivity contribution >= 4 is 28.4 Å². The molecule has 4 heteroatoms. The molecule has 0 bridgehead atoms. The normalized spacial score (nSPS) is 22.2. The Labute approximate surface area is 129 Å². The lowest BCUT2D eigenvalue weighted by Crippen LogP contribution is -2.37. The van der Waals surface area contributed by atoms with Crippen molar-refractivity contribution in [2.24, 2.45) is 5.92 Å². The Morgan fingerprint density at radius 3 is 2.71 bits per heavy atom. The van der Waals surface area contributed by atoms with Gasteiger partial charge in [-0.3, -0.25) is 4.79 Å². The molecule has 0 saturated heterocycles. The second-order valence-electron chi connectivity index (χ2n) is 5.94. The van der Waals surface area contributed by atoms with E-state index in [2.05, 4.69) is 17.2 Å². The molecule has 3 rings (SSSR count). The third-order valence-corrected chi connectivity index (χ3v) is 4.56. The van der Waals surface area contributed by atoms with Gasteiger partial charge in [0.05, 0.1) is 10.5 Å². The highest BCUT2D eigenvalue weighted by Gasteiger charge is 2.21. The van der Waals surface area contributed by atoms with Crippen molar-refractivity contribution in [2.45, 2.75) is 38.6 Å². The Morgan fingerprint density at radius 1 is 1.24 bits per heavy atom. The number of aromatic nitrogens is 1. The molecule has 1 amide bonds. The summed E-state index contributed by atoms with van der Waals surface area (Å²) in [5.74, 6) is 0.647. The zero-order valence-electron chi connectivity index (χ0n) is 12.1. The summed E-state index contributed by atoms with van der Waals surface area (Å²) in [6, 6.07) is 9.52. The van der Waals surface area contributed by atoms with Crippen LogP contribution in [-0.2, 0) is 0 Å². The Hall–Kier alpha value is -1.61. The number of rotatable bonds is 2. The van der Waals surface area contributed by atoms with Gasteiger partial charge in [0.2, 0.25) is 0 Å². The molecule has 3 nitrogen and oxygen atoms in total. The van der Waals surface area contributed by atoms with E-state index in [-0.39, 0.29) is 11.9 Å². The van der Waals surface area contributed by atoms with E-state index in [9.17, 15) is 4.79 Å². The van der Waals surface area contributed by atoms with Crippen molar-refractivity contribution in [1.29, 1.82) is 0 Å². The Bertz CT molecular complexity index is 663. The predicted octanol–water partition coefficient (Wildman–Crippen LogP) is 4.20. The lowest BCUT2D eigenvalue weighted by atomic mass is 9.87. The van der Waals surface area contributed by atoms with E-state index < -0.39 is 0 Å². The molecule has 0 unspecified atom stereocenters. The van der Waals surface area contributed by atoms with Crippen LogP contribution in [-0.4, -0.2) is 16.9 Å².